The maximum absolute atomic E-state index is 13.1. The van der Waals surface area contributed by atoms with Gasteiger partial charge >= 0.3 is 0 Å². The molecule has 2 N–H and O–H groups in total. The van der Waals surface area contributed by atoms with Gasteiger partial charge in [-0.25, -0.2) is 4.98 Å². The minimum absolute atomic E-state index is 0.0146. The highest BCUT2D eigenvalue weighted by atomic mass is 16.5. The van der Waals surface area contributed by atoms with E-state index >= 15 is 0 Å². The number of anilines is 3. The normalized spacial score (nSPS) is 13.8. The third-order valence-corrected chi connectivity index (χ3v) is 8.18. The fraction of sp³-hybridized carbons (Fsp3) is 0.361. The van der Waals surface area contributed by atoms with E-state index in [2.05, 4.69) is 36.3 Å². The highest BCUT2D eigenvalue weighted by molar-refractivity contribution is 6.05. The minimum Gasteiger partial charge on any atom is -0.492 e. The first-order valence-electron chi connectivity index (χ1n) is 15.4. The van der Waals surface area contributed by atoms with E-state index in [1.807, 2.05) is 73.7 Å². The Morgan fingerprint density at radius 1 is 0.955 bits per heavy atom. The predicted molar refractivity (Wildman–Crippen MR) is 178 cm³/mol. The molecule has 1 amide bonds. The Labute approximate surface area is 260 Å². The predicted octanol–water partition coefficient (Wildman–Crippen LogP) is 6.91. The van der Waals surface area contributed by atoms with Gasteiger partial charge in [0.1, 0.15) is 12.4 Å². The molecule has 44 heavy (non-hydrogen) atoms. The summed E-state index contributed by atoms with van der Waals surface area (Å²) in [5.74, 6) is 0.832. The van der Waals surface area contributed by atoms with Crippen molar-refractivity contribution in [3.05, 3.63) is 100.0 Å². The van der Waals surface area contributed by atoms with E-state index in [-0.39, 0.29) is 22.7 Å². The second-order valence-electron chi connectivity index (χ2n) is 12.6. The van der Waals surface area contributed by atoms with Gasteiger partial charge in [0.25, 0.3) is 11.5 Å². The van der Waals surface area contributed by atoms with Gasteiger partial charge in [0.15, 0.2) is 5.82 Å². The molecule has 2 heterocycles. The van der Waals surface area contributed by atoms with Crippen LogP contribution in [0.1, 0.15) is 61.5 Å². The molecule has 8 nitrogen and oxygen atoms in total. The molecule has 230 valence electrons. The highest BCUT2D eigenvalue weighted by Gasteiger charge is 2.17. The molecule has 0 atom stereocenters. The zero-order valence-electron chi connectivity index (χ0n) is 26.4. The number of ether oxygens (including phenoxy) is 1. The maximum atomic E-state index is 13.1. The monoisotopic (exact) mass is 593 g/mol. The average Bonchev–Trinajstić information content (AvgIpc) is 3.01. The second-order valence-corrected chi connectivity index (χ2v) is 12.6. The van der Waals surface area contributed by atoms with Crippen LogP contribution in [0.3, 0.4) is 0 Å². The quantitative estimate of drug-likeness (QED) is 0.219. The standard InChI is InChI=1S/C36H43N5O3/c1-25-30(10-9-11-31(25)39-34(42)26-12-14-27(15-13-26)36(2,3)4)32-24-40(5)35(43)33(38-32)37-28-16-18-29(19-17-28)44-23-22-41-20-7-6-8-21-41/h9-19,24H,6-8,20-23H2,1-5H3,(H,37,38)(H,39,42). The highest BCUT2D eigenvalue weighted by Crippen LogP contribution is 2.29. The van der Waals surface area contributed by atoms with Gasteiger partial charge in [0.2, 0.25) is 0 Å². The van der Waals surface area contributed by atoms with Crippen LogP contribution in [0.5, 0.6) is 5.75 Å². The SMILES string of the molecule is Cc1c(NC(=O)c2ccc(C(C)(C)C)cc2)cccc1-c1cn(C)c(=O)c(Nc2ccc(OCCN3CCCCC3)cc2)n1. The molecule has 1 saturated heterocycles. The van der Waals surface area contributed by atoms with Crippen LogP contribution >= 0.6 is 0 Å². The van der Waals surface area contributed by atoms with Crippen LogP contribution in [0.15, 0.2) is 77.7 Å². The van der Waals surface area contributed by atoms with E-state index < -0.39 is 0 Å². The maximum Gasteiger partial charge on any atom is 0.293 e. The summed E-state index contributed by atoms with van der Waals surface area (Å²) in [7, 11) is 1.71. The summed E-state index contributed by atoms with van der Waals surface area (Å²) in [6, 6.07) is 21.0. The largest absolute Gasteiger partial charge is 0.492 e. The molecule has 0 bridgehead atoms. The topological polar surface area (TPSA) is 88.5 Å². The number of rotatable bonds is 9. The number of carbonyl (C=O) groups excluding carboxylic acids is 1. The van der Waals surface area contributed by atoms with Crippen LogP contribution in [0.25, 0.3) is 11.3 Å². The van der Waals surface area contributed by atoms with Crippen molar-refractivity contribution in [2.45, 2.75) is 52.4 Å². The van der Waals surface area contributed by atoms with Crippen LogP contribution in [0, 0.1) is 6.92 Å². The van der Waals surface area contributed by atoms with Gasteiger partial charge < -0.3 is 19.9 Å². The number of amides is 1. The fourth-order valence-corrected chi connectivity index (χ4v) is 5.43. The third kappa shape index (κ3) is 7.55. The molecule has 5 rings (SSSR count). The molecular formula is C36H43N5O3. The van der Waals surface area contributed by atoms with Gasteiger partial charge in [-0.2, -0.15) is 0 Å². The van der Waals surface area contributed by atoms with E-state index in [9.17, 15) is 9.59 Å². The summed E-state index contributed by atoms with van der Waals surface area (Å²) in [5, 5.41) is 6.23. The summed E-state index contributed by atoms with van der Waals surface area (Å²) in [6.07, 6.45) is 5.57. The summed E-state index contributed by atoms with van der Waals surface area (Å²) in [6.45, 7) is 12.3. The van der Waals surface area contributed by atoms with Crippen molar-refractivity contribution in [2.24, 2.45) is 7.05 Å². The van der Waals surface area contributed by atoms with Crippen LogP contribution < -0.4 is 20.9 Å². The Kier molecular flexibility index (Phi) is 9.49. The second kappa shape index (κ2) is 13.5. The lowest BCUT2D eigenvalue weighted by molar-refractivity contribution is 0.102. The van der Waals surface area contributed by atoms with Gasteiger partial charge in [-0.3, -0.25) is 14.5 Å². The third-order valence-electron chi connectivity index (χ3n) is 8.18. The lowest BCUT2D eigenvalue weighted by Gasteiger charge is -2.26. The Hall–Kier alpha value is -4.43. The van der Waals surface area contributed by atoms with Gasteiger partial charge in [-0.1, -0.05) is 51.5 Å². The molecule has 1 aromatic heterocycles. The van der Waals surface area contributed by atoms with Gasteiger partial charge in [0.05, 0.1) is 5.69 Å². The van der Waals surface area contributed by atoms with Crippen molar-refractivity contribution in [1.29, 1.82) is 0 Å². The van der Waals surface area contributed by atoms with E-state index in [0.29, 0.717) is 23.6 Å². The van der Waals surface area contributed by atoms with Crippen LogP contribution in [-0.2, 0) is 12.5 Å². The molecule has 1 aliphatic rings. The first-order valence-corrected chi connectivity index (χ1v) is 15.4. The van der Waals surface area contributed by atoms with Gasteiger partial charge in [-0.15, -0.1) is 0 Å². The number of piperidine rings is 1. The number of carbonyl (C=O) groups is 1. The first-order chi connectivity index (χ1) is 21.1. The molecule has 0 saturated carbocycles. The Bertz CT molecular complexity index is 1650. The number of nitrogens with one attached hydrogen (secondary N) is 2. The van der Waals surface area contributed by atoms with Crippen LogP contribution in [-0.4, -0.2) is 46.6 Å². The van der Waals surface area contributed by atoms with E-state index in [0.717, 1.165) is 42.2 Å². The van der Waals surface area contributed by atoms with Crippen LogP contribution in [0.4, 0.5) is 17.2 Å². The van der Waals surface area contributed by atoms with Crippen molar-refractivity contribution in [3.63, 3.8) is 0 Å². The molecule has 0 radical (unpaired) electrons. The Balaban J connectivity index is 1.28. The lowest BCUT2D eigenvalue weighted by Crippen LogP contribution is -2.33. The Morgan fingerprint density at radius 2 is 1.66 bits per heavy atom. The van der Waals surface area contributed by atoms with E-state index in [1.165, 1.54) is 29.4 Å². The first kappa shape index (κ1) is 31.0. The summed E-state index contributed by atoms with van der Waals surface area (Å²) < 4.78 is 7.47. The molecule has 1 fully saturated rings. The average molecular weight is 594 g/mol. The molecule has 0 aliphatic carbocycles. The molecule has 4 aromatic rings. The molecule has 8 heteroatoms. The van der Waals surface area contributed by atoms with Gasteiger partial charge in [-0.05, 0) is 91.9 Å². The number of hydrogen-bond acceptors (Lipinski definition) is 6. The smallest absolute Gasteiger partial charge is 0.293 e. The van der Waals surface area contributed by atoms with Crippen LogP contribution in [0.2, 0.25) is 0 Å². The fourth-order valence-electron chi connectivity index (χ4n) is 5.43. The summed E-state index contributed by atoms with van der Waals surface area (Å²) in [5.41, 5.74) is 5.27. The van der Waals surface area contributed by atoms with Crippen molar-refractivity contribution < 1.29 is 9.53 Å². The van der Waals surface area contributed by atoms with Crippen molar-refractivity contribution >= 4 is 23.1 Å². The number of hydrogen-bond donors (Lipinski definition) is 2. The van der Waals surface area contributed by atoms with Crippen molar-refractivity contribution in [1.82, 2.24) is 14.5 Å². The number of benzene rings is 3. The van der Waals surface area contributed by atoms with Gasteiger partial charge in [0, 0.05) is 42.3 Å². The van der Waals surface area contributed by atoms with E-state index in [1.54, 1.807) is 13.2 Å². The Morgan fingerprint density at radius 3 is 2.34 bits per heavy atom. The molecule has 3 aromatic carbocycles. The summed E-state index contributed by atoms with van der Waals surface area (Å²) >= 11 is 0. The minimum atomic E-state index is -0.239. The number of aromatic nitrogens is 2. The van der Waals surface area contributed by atoms with Crippen molar-refractivity contribution in [3.8, 4) is 17.0 Å². The number of likely N-dealkylation sites (tertiary alicyclic amines) is 1. The van der Waals surface area contributed by atoms with E-state index in [4.69, 9.17) is 9.72 Å². The zero-order valence-corrected chi connectivity index (χ0v) is 26.4. The summed E-state index contributed by atoms with van der Waals surface area (Å²) in [4.78, 5) is 33.2. The molecular weight excluding hydrogens is 550 g/mol. The molecule has 1 aliphatic heterocycles. The number of aryl methyl sites for hydroxylation is 1. The molecule has 0 unspecified atom stereocenters. The van der Waals surface area contributed by atoms with Crippen molar-refractivity contribution in [2.75, 3.05) is 36.9 Å². The molecule has 0 spiro atoms. The lowest BCUT2D eigenvalue weighted by atomic mass is 9.86. The number of nitrogens with zero attached hydrogens (tertiary/aromatic N) is 3. The zero-order chi connectivity index (χ0) is 31.3.